The van der Waals surface area contributed by atoms with E-state index in [4.69, 9.17) is 5.11 Å². The van der Waals surface area contributed by atoms with Crippen molar-refractivity contribution in [3.05, 3.63) is 42.0 Å². The van der Waals surface area contributed by atoms with E-state index in [0.717, 1.165) is 10.6 Å². The quantitative estimate of drug-likeness (QED) is 0.442. The molecule has 5 heteroatoms. The number of nitrogens with zero attached hydrogens (tertiary/aromatic N) is 1. The average Bonchev–Trinajstić information content (AvgIpc) is 2.37. The number of carbonyl (C=O) groups is 1. The predicted octanol–water partition coefficient (Wildman–Crippen LogP) is 0.519. The van der Waals surface area contributed by atoms with Gasteiger partial charge in [0.05, 0.1) is 0 Å². The van der Waals surface area contributed by atoms with E-state index in [2.05, 4.69) is 4.84 Å². The number of hydroxylamine groups is 2. The van der Waals surface area contributed by atoms with E-state index in [1.54, 1.807) is 6.08 Å². The number of aliphatic hydroxyl groups is 1. The molecule has 1 aromatic carbocycles. The molecule has 0 saturated heterocycles. The molecule has 1 aromatic rings. The van der Waals surface area contributed by atoms with E-state index in [9.17, 15) is 9.59 Å². The van der Waals surface area contributed by atoms with E-state index in [1.165, 1.54) is 12.4 Å². The molecule has 0 aromatic heterocycles. The first-order valence-electron chi connectivity index (χ1n) is 4.91. The van der Waals surface area contributed by atoms with Gasteiger partial charge >= 0.3 is 0 Å². The number of benzene rings is 1. The second-order valence-electron chi connectivity index (χ2n) is 3.02. The summed E-state index contributed by atoms with van der Waals surface area (Å²) in [6.07, 6.45) is 4.35. The molecule has 0 atom stereocenters. The van der Waals surface area contributed by atoms with Crippen LogP contribution in [0.15, 0.2) is 36.4 Å². The van der Waals surface area contributed by atoms with E-state index < -0.39 is 12.7 Å². The third-order valence-corrected chi connectivity index (χ3v) is 1.89. The van der Waals surface area contributed by atoms with Gasteiger partial charge in [-0.05, 0) is 11.6 Å². The molecule has 1 rings (SSSR count). The summed E-state index contributed by atoms with van der Waals surface area (Å²) in [5.74, 6) is -0.536. The van der Waals surface area contributed by atoms with E-state index >= 15 is 0 Å². The molecule has 0 saturated carbocycles. The Labute approximate surface area is 98.9 Å². The van der Waals surface area contributed by atoms with Crippen LogP contribution in [0, 0.1) is 0 Å². The third-order valence-electron chi connectivity index (χ3n) is 1.89. The molecular formula is C12H12NO4. The third kappa shape index (κ3) is 4.58. The number of hydrogen-bond acceptors (Lipinski definition) is 4. The SMILES string of the molecule is O=[C]CN(OCO)C(=O)/C=C/c1ccccc1. The fourth-order valence-corrected chi connectivity index (χ4v) is 1.13. The zero-order valence-electron chi connectivity index (χ0n) is 9.07. The molecule has 5 nitrogen and oxygen atoms in total. The summed E-state index contributed by atoms with van der Waals surface area (Å²) >= 11 is 0. The lowest BCUT2D eigenvalue weighted by atomic mass is 10.2. The van der Waals surface area contributed by atoms with Crippen molar-refractivity contribution in [2.75, 3.05) is 13.3 Å². The van der Waals surface area contributed by atoms with Crippen LogP contribution in [0.4, 0.5) is 0 Å². The highest BCUT2D eigenvalue weighted by atomic mass is 16.7. The minimum atomic E-state index is -0.674. The van der Waals surface area contributed by atoms with Crippen LogP contribution in [0.1, 0.15) is 5.56 Å². The van der Waals surface area contributed by atoms with Gasteiger partial charge in [0.1, 0.15) is 6.54 Å². The first-order chi connectivity index (χ1) is 8.27. The number of carbonyl (C=O) groups excluding carboxylic acids is 2. The Morgan fingerprint density at radius 3 is 2.71 bits per heavy atom. The van der Waals surface area contributed by atoms with Gasteiger partial charge in [-0.15, -0.1) is 0 Å². The molecule has 0 aliphatic carbocycles. The van der Waals surface area contributed by atoms with Gasteiger partial charge in [0.25, 0.3) is 5.91 Å². The Morgan fingerprint density at radius 1 is 1.41 bits per heavy atom. The van der Waals surface area contributed by atoms with Crippen molar-refractivity contribution in [1.29, 1.82) is 0 Å². The molecule has 0 fully saturated rings. The van der Waals surface area contributed by atoms with Crippen LogP contribution in [0.2, 0.25) is 0 Å². The second kappa shape index (κ2) is 7.32. The van der Waals surface area contributed by atoms with Crippen LogP contribution < -0.4 is 0 Å². The zero-order valence-corrected chi connectivity index (χ0v) is 9.07. The van der Waals surface area contributed by atoms with Gasteiger partial charge in [0.2, 0.25) is 6.29 Å². The normalized spacial score (nSPS) is 10.4. The molecular weight excluding hydrogens is 222 g/mol. The second-order valence-corrected chi connectivity index (χ2v) is 3.02. The lowest BCUT2D eigenvalue weighted by Crippen LogP contribution is -2.31. The van der Waals surface area contributed by atoms with Crippen LogP contribution in [-0.2, 0) is 14.4 Å². The van der Waals surface area contributed by atoms with Crippen molar-refractivity contribution in [2.45, 2.75) is 0 Å². The van der Waals surface area contributed by atoms with Crippen molar-refractivity contribution in [1.82, 2.24) is 5.06 Å². The molecule has 0 heterocycles. The Hall–Kier alpha value is -1.98. The summed E-state index contributed by atoms with van der Waals surface area (Å²) in [6, 6.07) is 9.19. The van der Waals surface area contributed by atoms with Crippen molar-refractivity contribution < 1.29 is 19.5 Å². The zero-order chi connectivity index (χ0) is 12.5. The van der Waals surface area contributed by atoms with Gasteiger partial charge in [0.15, 0.2) is 6.79 Å². The van der Waals surface area contributed by atoms with Gasteiger partial charge in [-0.3, -0.25) is 9.59 Å². The van der Waals surface area contributed by atoms with Crippen molar-refractivity contribution in [2.24, 2.45) is 0 Å². The van der Waals surface area contributed by atoms with Crippen LogP contribution >= 0.6 is 0 Å². The number of amides is 1. The molecule has 0 aliphatic rings. The number of rotatable bonds is 6. The highest BCUT2D eigenvalue weighted by Gasteiger charge is 2.10. The lowest BCUT2D eigenvalue weighted by Gasteiger charge is -2.15. The first-order valence-corrected chi connectivity index (χ1v) is 4.91. The maximum Gasteiger partial charge on any atom is 0.270 e. The monoisotopic (exact) mass is 234 g/mol. The van der Waals surface area contributed by atoms with Crippen LogP contribution in [0.5, 0.6) is 0 Å². The molecule has 0 unspecified atom stereocenters. The lowest BCUT2D eigenvalue weighted by molar-refractivity contribution is -0.203. The fraction of sp³-hybridized carbons (Fsp3) is 0.167. The molecule has 17 heavy (non-hydrogen) atoms. The maximum atomic E-state index is 11.5. The van der Waals surface area contributed by atoms with Crippen molar-refractivity contribution in [3.63, 3.8) is 0 Å². The van der Waals surface area contributed by atoms with E-state index in [1.807, 2.05) is 30.3 Å². The maximum absolute atomic E-state index is 11.5. The highest BCUT2D eigenvalue weighted by molar-refractivity contribution is 5.92. The summed E-state index contributed by atoms with van der Waals surface area (Å²) in [5.41, 5.74) is 0.847. The Balaban J connectivity index is 2.63. The van der Waals surface area contributed by atoms with Gasteiger partial charge in [-0.25, -0.2) is 9.90 Å². The largest absolute Gasteiger partial charge is 0.368 e. The van der Waals surface area contributed by atoms with E-state index in [0.29, 0.717) is 0 Å². The Bertz CT molecular complexity index is 389. The topological polar surface area (TPSA) is 66.8 Å². The molecule has 0 spiro atoms. The standard InChI is InChI=1S/C12H12NO4/c14-9-8-13(17-10-15)12(16)7-6-11-4-2-1-3-5-11/h1-7,15H,8,10H2/b7-6+. The van der Waals surface area contributed by atoms with E-state index in [-0.39, 0.29) is 6.54 Å². The van der Waals surface area contributed by atoms with Gasteiger partial charge < -0.3 is 5.11 Å². The molecule has 1 amide bonds. The Morgan fingerprint density at radius 2 is 2.12 bits per heavy atom. The summed E-state index contributed by atoms with van der Waals surface area (Å²) in [6.45, 7) is -1.02. The fourth-order valence-electron chi connectivity index (χ4n) is 1.13. The summed E-state index contributed by atoms with van der Waals surface area (Å²) in [4.78, 5) is 26.2. The first kappa shape index (κ1) is 13.1. The smallest absolute Gasteiger partial charge is 0.270 e. The number of aliphatic hydroxyl groups excluding tert-OH is 1. The molecule has 0 bridgehead atoms. The molecule has 1 N–H and O–H groups in total. The average molecular weight is 234 g/mol. The van der Waals surface area contributed by atoms with Gasteiger partial charge in [-0.1, -0.05) is 30.3 Å². The molecule has 89 valence electrons. The minimum absolute atomic E-state index is 0.349. The predicted molar refractivity (Wildman–Crippen MR) is 61.1 cm³/mol. The van der Waals surface area contributed by atoms with Crippen LogP contribution in [0.3, 0.4) is 0 Å². The molecule has 0 aliphatic heterocycles. The van der Waals surface area contributed by atoms with Crippen LogP contribution in [-0.4, -0.2) is 35.7 Å². The Kier molecular flexibility index (Phi) is 5.63. The molecule has 1 radical (unpaired) electrons. The van der Waals surface area contributed by atoms with Crippen molar-refractivity contribution in [3.8, 4) is 0 Å². The summed E-state index contributed by atoms with van der Waals surface area (Å²) < 4.78 is 0. The highest BCUT2D eigenvalue weighted by Crippen LogP contribution is 2.02. The minimum Gasteiger partial charge on any atom is -0.368 e. The van der Waals surface area contributed by atoms with Gasteiger partial charge in [-0.2, -0.15) is 0 Å². The van der Waals surface area contributed by atoms with Crippen LogP contribution in [0.25, 0.3) is 6.08 Å². The summed E-state index contributed by atoms with van der Waals surface area (Å²) in [5, 5.41) is 9.26. The van der Waals surface area contributed by atoms with Crippen molar-refractivity contribution >= 4 is 18.3 Å². The summed E-state index contributed by atoms with van der Waals surface area (Å²) in [7, 11) is 0. The number of hydrogen-bond donors (Lipinski definition) is 1. The van der Waals surface area contributed by atoms with Gasteiger partial charge in [0, 0.05) is 6.08 Å².